The second kappa shape index (κ2) is 5.53. The fraction of sp³-hybridized carbons (Fsp3) is 0.467. The fourth-order valence-electron chi connectivity index (χ4n) is 2.58. The van der Waals surface area contributed by atoms with Crippen LogP contribution in [0.15, 0.2) is 12.1 Å². The van der Waals surface area contributed by atoms with Crippen LogP contribution in [0.2, 0.25) is 0 Å². The standard InChI is InChI=1S/C15H20N2O3/c1-9-7-12(8-13(11(9)3)14(18)19)16-15(20)17-6-4-5-10(17)2/h7-8,10H,4-6H2,1-3H3,(H,16,20)(H,18,19). The van der Waals surface area contributed by atoms with Crippen molar-refractivity contribution in [3.63, 3.8) is 0 Å². The Morgan fingerprint density at radius 3 is 2.60 bits per heavy atom. The molecule has 0 bridgehead atoms. The van der Waals surface area contributed by atoms with Crippen molar-refractivity contribution in [2.45, 2.75) is 39.7 Å². The minimum atomic E-state index is -0.976. The van der Waals surface area contributed by atoms with Crippen LogP contribution in [0.4, 0.5) is 10.5 Å². The molecule has 1 aromatic carbocycles. The van der Waals surface area contributed by atoms with Gasteiger partial charge in [0.15, 0.2) is 0 Å². The van der Waals surface area contributed by atoms with Gasteiger partial charge in [-0.25, -0.2) is 9.59 Å². The molecule has 1 saturated heterocycles. The van der Waals surface area contributed by atoms with Gasteiger partial charge in [-0.2, -0.15) is 0 Å². The van der Waals surface area contributed by atoms with E-state index in [2.05, 4.69) is 5.32 Å². The third-order valence-corrected chi connectivity index (χ3v) is 3.96. The molecule has 0 aliphatic carbocycles. The fourth-order valence-corrected chi connectivity index (χ4v) is 2.58. The number of likely N-dealkylation sites (tertiary alicyclic amines) is 1. The molecule has 0 saturated carbocycles. The molecule has 2 rings (SSSR count). The Balaban J connectivity index is 2.21. The van der Waals surface area contributed by atoms with Crippen LogP contribution in [0.3, 0.4) is 0 Å². The summed E-state index contributed by atoms with van der Waals surface area (Å²) in [6, 6.07) is 3.40. The molecule has 1 aliphatic rings. The van der Waals surface area contributed by atoms with E-state index in [4.69, 9.17) is 0 Å². The van der Waals surface area contributed by atoms with Crippen molar-refractivity contribution < 1.29 is 14.7 Å². The van der Waals surface area contributed by atoms with Gasteiger partial charge in [-0.3, -0.25) is 0 Å². The van der Waals surface area contributed by atoms with E-state index in [9.17, 15) is 14.7 Å². The molecule has 1 fully saturated rings. The number of carboxylic acids is 1. The Labute approximate surface area is 118 Å². The van der Waals surface area contributed by atoms with Gasteiger partial charge in [0.1, 0.15) is 0 Å². The SMILES string of the molecule is Cc1cc(NC(=O)N2CCCC2C)cc(C(=O)O)c1C. The molecule has 20 heavy (non-hydrogen) atoms. The zero-order valence-electron chi connectivity index (χ0n) is 12.1. The maximum absolute atomic E-state index is 12.2. The Morgan fingerprint density at radius 1 is 1.35 bits per heavy atom. The molecule has 5 nitrogen and oxygen atoms in total. The Bertz CT molecular complexity index is 554. The zero-order chi connectivity index (χ0) is 14.9. The van der Waals surface area contributed by atoms with Gasteiger partial charge >= 0.3 is 12.0 Å². The first-order valence-corrected chi connectivity index (χ1v) is 6.82. The van der Waals surface area contributed by atoms with Crippen LogP contribution in [-0.4, -0.2) is 34.6 Å². The number of carbonyl (C=O) groups excluding carboxylic acids is 1. The molecule has 0 spiro atoms. The summed E-state index contributed by atoms with van der Waals surface area (Å²) in [4.78, 5) is 25.2. The molecule has 108 valence electrons. The van der Waals surface area contributed by atoms with E-state index in [-0.39, 0.29) is 17.6 Å². The first-order chi connectivity index (χ1) is 9.40. The summed E-state index contributed by atoms with van der Waals surface area (Å²) in [7, 11) is 0. The number of urea groups is 1. The lowest BCUT2D eigenvalue weighted by atomic mass is 10.0. The molecule has 0 aromatic heterocycles. The molecular formula is C15H20N2O3. The normalized spacial score (nSPS) is 18.1. The van der Waals surface area contributed by atoms with Crippen molar-refractivity contribution in [3.8, 4) is 0 Å². The maximum Gasteiger partial charge on any atom is 0.336 e. The lowest BCUT2D eigenvalue weighted by Crippen LogP contribution is -2.37. The van der Waals surface area contributed by atoms with E-state index in [1.807, 2.05) is 13.8 Å². The third kappa shape index (κ3) is 2.76. The highest BCUT2D eigenvalue weighted by Gasteiger charge is 2.25. The highest BCUT2D eigenvalue weighted by molar-refractivity contribution is 5.94. The number of rotatable bonds is 2. The number of aromatic carboxylic acids is 1. The van der Waals surface area contributed by atoms with Gasteiger partial charge in [-0.15, -0.1) is 0 Å². The van der Waals surface area contributed by atoms with Crippen LogP contribution in [0.5, 0.6) is 0 Å². The van der Waals surface area contributed by atoms with E-state index in [0.717, 1.165) is 30.5 Å². The molecular weight excluding hydrogens is 256 g/mol. The van der Waals surface area contributed by atoms with Gasteiger partial charge < -0.3 is 15.3 Å². The quantitative estimate of drug-likeness (QED) is 0.872. The number of hydrogen-bond donors (Lipinski definition) is 2. The van der Waals surface area contributed by atoms with Gasteiger partial charge in [0.05, 0.1) is 5.56 Å². The predicted molar refractivity (Wildman–Crippen MR) is 77.3 cm³/mol. The summed E-state index contributed by atoms with van der Waals surface area (Å²) in [6.45, 7) is 6.39. The molecule has 0 radical (unpaired) electrons. The number of aryl methyl sites for hydroxylation is 1. The van der Waals surface area contributed by atoms with Crippen molar-refractivity contribution in [1.29, 1.82) is 0 Å². The van der Waals surface area contributed by atoms with Gasteiger partial charge in [0, 0.05) is 18.3 Å². The lowest BCUT2D eigenvalue weighted by molar-refractivity contribution is 0.0696. The van der Waals surface area contributed by atoms with Crippen molar-refractivity contribution in [2.75, 3.05) is 11.9 Å². The summed E-state index contributed by atoms with van der Waals surface area (Å²) in [5.74, 6) is -0.976. The molecule has 1 atom stereocenters. The van der Waals surface area contributed by atoms with Crippen molar-refractivity contribution >= 4 is 17.7 Å². The number of carbonyl (C=O) groups is 2. The van der Waals surface area contributed by atoms with Crippen LogP contribution in [0.1, 0.15) is 41.3 Å². The lowest BCUT2D eigenvalue weighted by Gasteiger charge is -2.22. The summed E-state index contributed by atoms with van der Waals surface area (Å²) in [5.41, 5.74) is 2.35. The minimum absolute atomic E-state index is 0.158. The number of hydrogen-bond acceptors (Lipinski definition) is 2. The molecule has 1 unspecified atom stereocenters. The van der Waals surface area contributed by atoms with Crippen molar-refractivity contribution in [2.24, 2.45) is 0 Å². The highest BCUT2D eigenvalue weighted by atomic mass is 16.4. The highest BCUT2D eigenvalue weighted by Crippen LogP contribution is 2.22. The van der Waals surface area contributed by atoms with Gasteiger partial charge in [0.2, 0.25) is 0 Å². The predicted octanol–water partition coefficient (Wildman–Crippen LogP) is 3.02. The molecule has 1 aliphatic heterocycles. The Hall–Kier alpha value is -2.04. The van der Waals surface area contributed by atoms with E-state index < -0.39 is 5.97 Å². The maximum atomic E-state index is 12.2. The average molecular weight is 276 g/mol. The number of nitrogens with zero attached hydrogens (tertiary/aromatic N) is 1. The summed E-state index contributed by atoms with van der Waals surface area (Å²) in [6.07, 6.45) is 2.03. The summed E-state index contributed by atoms with van der Waals surface area (Å²) in [5, 5.41) is 12.0. The molecule has 2 N–H and O–H groups in total. The molecule has 5 heteroatoms. The van der Waals surface area contributed by atoms with Crippen molar-refractivity contribution in [3.05, 3.63) is 28.8 Å². The Morgan fingerprint density at radius 2 is 2.05 bits per heavy atom. The monoisotopic (exact) mass is 276 g/mol. The topological polar surface area (TPSA) is 69.6 Å². The van der Waals surface area contributed by atoms with Gasteiger partial charge in [-0.1, -0.05) is 0 Å². The van der Waals surface area contributed by atoms with Crippen LogP contribution in [-0.2, 0) is 0 Å². The molecule has 1 heterocycles. The van der Waals surface area contributed by atoms with Crippen LogP contribution < -0.4 is 5.32 Å². The average Bonchev–Trinajstić information content (AvgIpc) is 2.79. The van der Waals surface area contributed by atoms with Gasteiger partial charge in [0.25, 0.3) is 0 Å². The minimum Gasteiger partial charge on any atom is -0.478 e. The number of nitrogens with one attached hydrogen (secondary N) is 1. The zero-order valence-corrected chi connectivity index (χ0v) is 12.1. The second-order valence-electron chi connectivity index (χ2n) is 5.39. The van der Waals surface area contributed by atoms with E-state index in [1.165, 1.54) is 6.07 Å². The largest absolute Gasteiger partial charge is 0.478 e. The smallest absolute Gasteiger partial charge is 0.336 e. The summed E-state index contributed by atoms with van der Waals surface area (Å²) >= 11 is 0. The number of carboxylic acid groups (broad SMARTS) is 1. The first kappa shape index (κ1) is 14.4. The summed E-state index contributed by atoms with van der Waals surface area (Å²) < 4.78 is 0. The molecule has 2 amide bonds. The third-order valence-electron chi connectivity index (χ3n) is 3.96. The second-order valence-corrected chi connectivity index (χ2v) is 5.39. The van der Waals surface area contributed by atoms with Crippen LogP contribution in [0, 0.1) is 13.8 Å². The van der Waals surface area contributed by atoms with Crippen LogP contribution in [0.25, 0.3) is 0 Å². The van der Waals surface area contributed by atoms with E-state index >= 15 is 0 Å². The molecule has 1 aromatic rings. The van der Waals surface area contributed by atoms with Crippen LogP contribution >= 0.6 is 0 Å². The van der Waals surface area contributed by atoms with Crippen molar-refractivity contribution in [1.82, 2.24) is 4.90 Å². The number of benzene rings is 1. The van der Waals surface area contributed by atoms with E-state index in [0.29, 0.717) is 5.69 Å². The number of amides is 2. The Kier molecular flexibility index (Phi) is 3.97. The van der Waals surface area contributed by atoms with E-state index in [1.54, 1.807) is 17.9 Å². The van der Waals surface area contributed by atoms with Gasteiger partial charge in [-0.05, 0) is 56.9 Å². The number of anilines is 1. The first-order valence-electron chi connectivity index (χ1n) is 6.82.